The predicted molar refractivity (Wildman–Crippen MR) is 45.6 cm³/mol. The van der Waals surface area contributed by atoms with Crippen molar-refractivity contribution in [1.82, 2.24) is 5.32 Å². The molecule has 0 rings (SSSR count). The lowest BCUT2D eigenvalue weighted by atomic mass is 10.4. The minimum absolute atomic E-state index is 0.269. The smallest absolute Gasteiger partial charge is 0.0636 e. The molecule has 0 saturated carbocycles. The van der Waals surface area contributed by atoms with Crippen molar-refractivity contribution < 1.29 is 9.84 Å². The molecule has 0 bridgehead atoms. The van der Waals surface area contributed by atoms with Crippen LogP contribution in [0.25, 0.3) is 0 Å². The summed E-state index contributed by atoms with van der Waals surface area (Å²) in [6.07, 6.45) is 0.0254. The number of rotatable bonds is 6. The molecular weight excluding hydrogens is 142 g/mol. The maximum atomic E-state index is 8.86. The van der Waals surface area contributed by atoms with Gasteiger partial charge in [-0.3, -0.25) is 0 Å². The molecule has 0 aromatic heterocycles. The summed E-state index contributed by atoms with van der Waals surface area (Å²) in [5.74, 6) is 0. The topological polar surface area (TPSA) is 41.5 Å². The largest absolute Gasteiger partial charge is 0.392 e. The van der Waals surface area contributed by atoms with Gasteiger partial charge in [0, 0.05) is 13.1 Å². The van der Waals surface area contributed by atoms with Crippen molar-refractivity contribution in [2.45, 2.75) is 33.0 Å². The highest BCUT2D eigenvalue weighted by atomic mass is 16.5. The fourth-order valence-corrected chi connectivity index (χ4v) is 0.678. The zero-order valence-electron chi connectivity index (χ0n) is 7.63. The van der Waals surface area contributed by atoms with Gasteiger partial charge in [0.1, 0.15) is 0 Å². The Morgan fingerprint density at radius 1 is 1.36 bits per heavy atom. The van der Waals surface area contributed by atoms with Gasteiger partial charge in [-0.05, 0) is 20.8 Å². The molecule has 1 atom stereocenters. The van der Waals surface area contributed by atoms with Crippen molar-refractivity contribution in [1.29, 1.82) is 0 Å². The zero-order chi connectivity index (χ0) is 8.69. The first kappa shape index (κ1) is 10.9. The van der Waals surface area contributed by atoms with E-state index in [0.717, 1.165) is 6.54 Å². The summed E-state index contributed by atoms with van der Waals surface area (Å²) in [5.41, 5.74) is 0. The summed E-state index contributed by atoms with van der Waals surface area (Å²) in [7, 11) is 0. The zero-order valence-corrected chi connectivity index (χ0v) is 7.63. The van der Waals surface area contributed by atoms with E-state index in [2.05, 4.69) is 5.32 Å². The van der Waals surface area contributed by atoms with Crippen LogP contribution in [0.3, 0.4) is 0 Å². The molecule has 11 heavy (non-hydrogen) atoms. The Labute approximate surface area is 68.8 Å². The van der Waals surface area contributed by atoms with E-state index in [9.17, 15) is 0 Å². The maximum absolute atomic E-state index is 8.86. The molecule has 0 fully saturated rings. The Kier molecular flexibility index (Phi) is 6.51. The molecule has 0 aliphatic heterocycles. The molecule has 0 radical (unpaired) electrons. The van der Waals surface area contributed by atoms with Crippen LogP contribution in [0.2, 0.25) is 0 Å². The highest BCUT2D eigenvalue weighted by Gasteiger charge is 1.94. The van der Waals surface area contributed by atoms with Gasteiger partial charge in [-0.2, -0.15) is 0 Å². The minimum atomic E-state index is -0.269. The van der Waals surface area contributed by atoms with Crippen LogP contribution in [0, 0.1) is 0 Å². The molecule has 1 unspecified atom stereocenters. The van der Waals surface area contributed by atoms with Gasteiger partial charge in [-0.25, -0.2) is 0 Å². The third kappa shape index (κ3) is 9.88. The Bertz CT molecular complexity index is 74.2. The fraction of sp³-hybridized carbons (Fsp3) is 1.00. The molecule has 0 aliphatic carbocycles. The number of aliphatic hydroxyl groups excluding tert-OH is 1. The van der Waals surface area contributed by atoms with E-state index in [1.807, 2.05) is 13.8 Å². The minimum Gasteiger partial charge on any atom is -0.392 e. The standard InChI is InChI=1S/C8H19NO2/c1-7(2)11-5-4-9-6-8(3)10/h7-10H,4-6H2,1-3H3. The van der Waals surface area contributed by atoms with E-state index in [0.29, 0.717) is 19.3 Å². The lowest BCUT2D eigenvalue weighted by molar-refractivity contribution is 0.0787. The molecule has 3 nitrogen and oxygen atoms in total. The van der Waals surface area contributed by atoms with Crippen LogP contribution in [0.1, 0.15) is 20.8 Å². The molecule has 0 aromatic carbocycles. The molecule has 0 aliphatic rings. The van der Waals surface area contributed by atoms with E-state index >= 15 is 0 Å². The normalized spacial score (nSPS) is 13.9. The van der Waals surface area contributed by atoms with Crippen molar-refractivity contribution in [3.05, 3.63) is 0 Å². The Hall–Kier alpha value is -0.120. The lowest BCUT2D eigenvalue weighted by Gasteiger charge is -2.09. The second kappa shape index (κ2) is 6.58. The van der Waals surface area contributed by atoms with E-state index in [1.165, 1.54) is 0 Å². The van der Waals surface area contributed by atoms with Crippen molar-refractivity contribution in [3.63, 3.8) is 0 Å². The third-order valence-electron chi connectivity index (χ3n) is 1.17. The van der Waals surface area contributed by atoms with Crippen LogP contribution < -0.4 is 5.32 Å². The molecule has 3 heteroatoms. The highest BCUT2D eigenvalue weighted by Crippen LogP contribution is 1.84. The van der Waals surface area contributed by atoms with Crippen molar-refractivity contribution in [2.75, 3.05) is 19.7 Å². The van der Waals surface area contributed by atoms with Crippen LogP contribution in [0.5, 0.6) is 0 Å². The summed E-state index contributed by atoms with van der Waals surface area (Å²) >= 11 is 0. The van der Waals surface area contributed by atoms with E-state index in [-0.39, 0.29) is 6.10 Å². The van der Waals surface area contributed by atoms with Gasteiger partial charge in [-0.15, -0.1) is 0 Å². The van der Waals surface area contributed by atoms with Crippen molar-refractivity contribution in [3.8, 4) is 0 Å². The first-order valence-corrected chi connectivity index (χ1v) is 4.13. The fourth-order valence-electron chi connectivity index (χ4n) is 0.678. The van der Waals surface area contributed by atoms with Crippen LogP contribution in [-0.2, 0) is 4.74 Å². The maximum Gasteiger partial charge on any atom is 0.0636 e. The van der Waals surface area contributed by atoms with Gasteiger partial charge >= 0.3 is 0 Å². The Balaban J connectivity index is 2.91. The second-order valence-electron chi connectivity index (χ2n) is 2.97. The first-order chi connectivity index (χ1) is 5.13. The first-order valence-electron chi connectivity index (χ1n) is 4.13. The Morgan fingerprint density at radius 2 is 2.00 bits per heavy atom. The summed E-state index contributed by atoms with van der Waals surface area (Å²) < 4.78 is 5.28. The average molecular weight is 161 g/mol. The number of aliphatic hydroxyl groups is 1. The molecular formula is C8H19NO2. The van der Waals surface area contributed by atoms with Gasteiger partial charge in [0.2, 0.25) is 0 Å². The average Bonchev–Trinajstić information content (AvgIpc) is 1.85. The number of hydrogen-bond donors (Lipinski definition) is 2. The Morgan fingerprint density at radius 3 is 2.45 bits per heavy atom. The van der Waals surface area contributed by atoms with Crippen molar-refractivity contribution in [2.24, 2.45) is 0 Å². The second-order valence-corrected chi connectivity index (χ2v) is 2.97. The van der Waals surface area contributed by atoms with Crippen LogP contribution in [-0.4, -0.2) is 37.0 Å². The number of hydrogen-bond acceptors (Lipinski definition) is 3. The van der Waals surface area contributed by atoms with Crippen LogP contribution >= 0.6 is 0 Å². The summed E-state index contributed by atoms with van der Waals surface area (Å²) in [5, 5.41) is 11.9. The van der Waals surface area contributed by atoms with Gasteiger partial charge in [0.25, 0.3) is 0 Å². The van der Waals surface area contributed by atoms with Crippen LogP contribution in [0.4, 0.5) is 0 Å². The molecule has 68 valence electrons. The van der Waals surface area contributed by atoms with Gasteiger partial charge < -0.3 is 15.2 Å². The third-order valence-corrected chi connectivity index (χ3v) is 1.17. The molecule has 2 N–H and O–H groups in total. The number of ether oxygens (including phenoxy) is 1. The van der Waals surface area contributed by atoms with E-state index in [1.54, 1.807) is 6.92 Å². The van der Waals surface area contributed by atoms with Gasteiger partial charge in [-0.1, -0.05) is 0 Å². The SMILES string of the molecule is CC(O)CNCCOC(C)C. The van der Waals surface area contributed by atoms with Gasteiger partial charge in [0.15, 0.2) is 0 Å². The summed E-state index contributed by atoms with van der Waals surface area (Å²) in [4.78, 5) is 0. The molecule has 0 amide bonds. The van der Waals surface area contributed by atoms with Gasteiger partial charge in [0.05, 0.1) is 18.8 Å². The number of nitrogens with one attached hydrogen (secondary N) is 1. The summed E-state index contributed by atoms with van der Waals surface area (Å²) in [6, 6.07) is 0. The van der Waals surface area contributed by atoms with Crippen molar-refractivity contribution >= 4 is 0 Å². The highest BCUT2D eigenvalue weighted by molar-refractivity contribution is 4.51. The van der Waals surface area contributed by atoms with E-state index < -0.39 is 0 Å². The molecule has 0 spiro atoms. The van der Waals surface area contributed by atoms with E-state index in [4.69, 9.17) is 9.84 Å². The quantitative estimate of drug-likeness (QED) is 0.553. The molecule has 0 saturated heterocycles. The molecule has 0 aromatic rings. The monoisotopic (exact) mass is 161 g/mol. The predicted octanol–water partition coefficient (Wildman–Crippen LogP) is 0.382. The van der Waals surface area contributed by atoms with Crippen LogP contribution in [0.15, 0.2) is 0 Å². The lowest BCUT2D eigenvalue weighted by Crippen LogP contribution is -2.28. The molecule has 0 heterocycles. The summed E-state index contributed by atoms with van der Waals surface area (Å²) in [6.45, 7) is 7.94.